The van der Waals surface area contributed by atoms with E-state index in [9.17, 15) is 18.3 Å². The van der Waals surface area contributed by atoms with Crippen molar-refractivity contribution in [3.8, 4) is 17.6 Å². The first-order valence-electron chi connectivity index (χ1n) is 12.5. The normalized spacial score (nSPS) is 18.9. The van der Waals surface area contributed by atoms with Crippen LogP contribution in [0.5, 0.6) is 5.75 Å². The third-order valence-electron chi connectivity index (χ3n) is 7.26. The number of hydrogen-bond donors (Lipinski definition) is 2. The van der Waals surface area contributed by atoms with Crippen molar-refractivity contribution in [1.82, 2.24) is 15.2 Å². The van der Waals surface area contributed by atoms with Gasteiger partial charge in [0.25, 0.3) is 0 Å². The summed E-state index contributed by atoms with van der Waals surface area (Å²) < 4.78 is 46.0. The number of fused-ring (bicyclic) bond motifs is 1. The lowest BCUT2D eigenvalue weighted by Crippen LogP contribution is -2.42. The van der Waals surface area contributed by atoms with E-state index < -0.39 is 17.5 Å². The summed E-state index contributed by atoms with van der Waals surface area (Å²) in [7, 11) is 3.61. The highest BCUT2D eigenvalue weighted by Gasteiger charge is 2.29. The number of methoxy groups -OCH3 is 1. The number of hydrogen-bond acceptors (Lipinski definition) is 5. The van der Waals surface area contributed by atoms with Gasteiger partial charge in [-0.25, -0.2) is 13.2 Å². The van der Waals surface area contributed by atoms with E-state index in [0.29, 0.717) is 25.1 Å². The number of pyridine rings is 1. The summed E-state index contributed by atoms with van der Waals surface area (Å²) in [5.41, 5.74) is 1.80. The molecule has 4 rings (SSSR count). The van der Waals surface area contributed by atoms with Crippen LogP contribution in [-0.2, 0) is 0 Å². The molecule has 2 heterocycles. The Kier molecular flexibility index (Phi) is 9.04. The minimum atomic E-state index is -1.25. The zero-order valence-corrected chi connectivity index (χ0v) is 21.1. The number of ether oxygens (including phenoxy) is 1. The van der Waals surface area contributed by atoms with Crippen molar-refractivity contribution in [3.05, 3.63) is 71.2 Å². The number of nitrogens with one attached hydrogen (secondary N) is 1. The van der Waals surface area contributed by atoms with Crippen molar-refractivity contribution < 1.29 is 23.0 Å². The molecule has 0 saturated carbocycles. The SMILES string of the molecule is CNC(CC[C@@H]1CCN(CC#Cc2cc(F)cc(F)c2F)C[C@@H]1CO)c1ccnc2ccc(OC)cc12. The van der Waals surface area contributed by atoms with E-state index in [1.165, 1.54) is 5.56 Å². The summed E-state index contributed by atoms with van der Waals surface area (Å²) in [5.74, 6) is 3.36. The molecule has 0 bridgehead atoms. The number of halogens is 3. The predicted molar refractivity (Wildman–Crippen MR) is 138 cm³/mol. The summed E-state index contributed by atoms with van der Waals surface area (Å²) in [6.45, 7) is 1.85. The lowest BCUT2D eigenvalue weighted by molar-refractivity contribution is 0.0734. The molecule has 2 aromatic carbocycles. The van der Waals surface area contributed by atoms with Gasteiger partial charge < -0.3 is 15.2 Å². The van der Waals surface area contributed by atoms with Crippen LogP contribution in [0.4, 0.5) is 13.2 Å². The van der Waals surface area contributed by atoms with E-state index in [0.717, 1.165) is 48.5 Å². The molecular formula is C29H32F3N3O2. The Morgan fingerprint density at radius 2 is 2.03 bits per heavy atom. The Labute approximate surface area is 215 Å². The highest BCUT2D eigenvalue weighted by atomic mass is 19.2. The van der Waals surface area contributed by atoms with Gasteiger partial charge in [-0.15, -0.1) is 0 Å². The number of rotatable bonds is 8. The number of nitrogens with zero attached hydrogens (tertiary/aromatic N) is 2. The van der Waals surface area contributed by atoms with Crippen LogP contribution in [0.3, 0.4) is 0 Å². The minimum Gasteiger partial charge on any atom is -0.497 e. The molecule has 1 aliphatic heterocycles. The van der Waals surface area contributed by atoms with Crippen molar-refractivity contribution in [2.75, 3.05) is 40.4 Å². The standard InChI is InChI=1S/C29H32F3N3O2/c1-33-27(24-9-11-34-28-8-6-23(37-2)16-25(24)28)7-5-19-10-13-35(17-21(19)18-36)12-3-4-20-14-22(30)15-26(31)29(20)32/h6,8-9,11,14-16,19,21,27,33,36H,5,7,10,12-13,17-18H2,1-2H3/t19-,21-,27?/m1/s1. The van der Waals surface area contributed by atoms with Gasteiger partial charge in [-0.2, -0.15) is 0 Å². The molecule has 1 saturated heterocycles. The van der Waals surface area contributed by atoms with Crippen LogP contribution in [0.2, 0.25) is 0 Å². The molecule has 1 aliphatic rings. The minimum absolute atomic E-state index is 0.0674. The monoisotopic (exact) mass is 511 g/mol. The highest BCUT2D eigenvalue weighted by molar-refractivity contribution is 5.84. The fourth-order valence-electron chi connectivity index (χ4n) is 5.19. The van der Waals surface area contributed by atoms with Gasteiger partial charge in [0.05, 0.1) is 24.7 Å². The fraction of sp³-hybridized carbons (Fsp3) is 0.414. The molecule has 0 radical (unpaired) electrons. The molecule has 3 aromatic rings. The van der Waals surface area contributed by atoms with Crippen LogP contribution in [0, 0.1) is 41.1 Å². The summed E-state index contributed by atoms with van der Waals surface area (Å²) in [5, 5.41) is 14.6. The lowest BCUT2D eigenvalue weighted by atomic mass is 9.81. The van der Waals surface area contributed by atoms with Crippen LogP contribution in [-0.4, -0.2) is 55.4 Å². The van der Waals surface area contributed by atoms with E-state index in [1.54, 1.807) is 7.11 Å². The Hall–Kier alpha value is -3.12. The second-order valence-electron chi connectivity index (χ2n) is 9.48. The molecule has 37 heavy (non-hydrogen) atoms. The van der Waals surface area contributed by atoms with Crippen LogP contribution in [0.1, 0.15) is 36.4 Å². The Morgan fingerprint density at radius 1 is 1.19 bits per heavy atom. The number of aromatic nitrogens is 1. The van der Waals surface area contributed by atoms with Crippen LogP contribution in [0.25, 0.3) is 10.9 Å². The van der Waals surface area contributed by atoms with E-state index in [1.807, 2.05) is 37.5 Å². The van der Waals surface area contributed by atoms with Crippen LogP contribution < -0.4 is 10.1 Å². The van der Waals surface area contributed by atoms with Crippen LogP contribution >= 0.6 is 0 Å². The van der Waals surface area contributed by atoms with Gasteiger partial charge in [-0.05, 0) is 80.6 Å². The van der Waals surface area contributed by atoms with Crippen molar-refractivity contribution in [2.45, 2.75) is 25.3 Å². The van der Waals surface area contributed by atoms with Crippen molar-refractivity contribution in [3.63, 3.8) is 0 Å². The molecule has 1 unspecified atom stereocenters. The van der Waals surface area contributed by atoms with Crippen molar-refractivity contribution in [2.24, 2.45) is 11.8 Å². The molecule has 1 aromatic heterocycles. The molecule has 8 heteroatoms. The van der Waals surface area contributed by atoms with Crippen molar-refractivity contribution >= 4 is 10.9 Å². The number of likely N-dealkylation sites (tertiary alicyclic amines) is 1. The van der Waals surface area contributed by atoms with Gasteiger partial charge in [0.2, 0.25) is 0 Å². The first kappa shape index (κ1) is 26.9. The summed E-state index contributed by atoms with van der Waals surface area (Å²) in [6.07, 6.45) is 4.57. The summed E-state index contributed by atoms with van der Waals surface area (Å²) in [6, 6.07) is 9.46. The Balaban J connectivity index is 1.38. The second kappa shape index (κ2) is 12.4. The molecule has 0 amide bonds. The van der Waals surface area contributed by atoms with Gasteiger partial charge in [0.1, 0.15) is 11.6 Å². The van der Waals surface area contributed by atoms with Crippen LogP contribution in [0.15, 0.2) is 42.6 Å². The van der Waals surface area contributed by atoms with Gasteiger partial charge in [-0.1, -0.05) is 11.8 Å². The fourth-order valence-corrected chi connectivity index (χ4v) is 5.19. The number of aliphatic hydroxyl groups is 1. The smallest absolute Gasteiger partial charge is 0.174 e. The maximum absolute atomic E-state index is 13.8. The highest BCUT2D eigenvalue weighted by Crippen LogP contribution is 2.33. The average molecular weight is 512 g/mol. The zero-order valence-electron chi connectivity index (χ0n) is 21.1. The maximum Gasteiger partial charge on any atom is 0.174 e. The van der Waals surface area contributed by atoms with Crippen molar-refractivity contribution in [1.29, 1.82) is 0 Å². The predicted octanol–water partition coefficient (Wildman–Crippen LogP) is 4.68. The van der Waals surface area contributed by atoms with E-state index in [2.05, 4.69) is 27.0 Å². The lowest BCUT2D eigenvalue weighted by Gasteiger charge is -2.37. The van der Waals surface area contributed by atoms with Gasteiger partial charge in [0, 0.05) is 36.8 Å². The molecule has 3 atom stereocenters. The first-order chi connectivity index (χ1) is 17.9. The third-order valence-corrected chi connectivity index (χ3v) is 7.26. The molecule has 0 spiro atoms. The molecular weight excluding hydrogens is 479 g/mol. The largest absolute Gasteiger partial charge is 0.497 e. The average Bonchev–Trinajstić information content (AvgIpc) is 2.91. The maximum atomic E-state index is 13.8. The Bertz CT molecular complexity index is 1290. The van der Waals surface area contributed by atoms with Gasteiger partial charge in [-0.3, -0.25) is 9.88 Å². The van der Waals surface area contributed by atoms with E-state index in [4.69, 9.17) is 4.74 Å². The molecule has 5 nitrogen and oxygen atoms in total. The molecule has 2 N–H and O–H groups in total. The van der Waals surface area contributed by atoms with E-state index >= 15 is 0 Å². The quantitative estimate of drug-likeness (QED) is 0.340. The number of piperidine rings is 1. The molecule has 1 fully saturated rings. The number of benzene rings is 2. The summed E-state index contributed by atoms with van der Waals surface area (Å²) >= 11 is 0. The van der Waals surface area contributed by atoms with Gasteiger partial charge in [0.15, 0.2) is 11.6 Å². The van der Waals surface area contributed by atoms with Gasteiger partial charge >= 0.3 is 0 Å². The van der Waals surface area contributed by atoms with E-state index in [-0.39, 0.29) is 24.1 Å². The Morgan fingerprint density at radius 3 is 2.78 bits per heavy atom. The summed E-state index contributed by atoms with van der Waals surface area (Å²) in [4.78, 5) is 6.58. The zero-order chi connectivity index (χ0) is 26.4. The first-order valence-corrected chi connectivity index (χ1v) is 12.5. The topological polar surface area (TPSA) is 57.6 Å². The number of aliphatic hydroxyl groups excluding tert-OH is 1. The second-order valence-corrected chi connectivity index (χ2v) is 9.48. The molecule has 0 aliphatic carbocycles. The third kappa shape index (κ3) is 6.42. The molecule has 196 valence electrons.